The molecule has 72 valence electrons. The minimum atomic E-state index is -0.508. The normalized spacial score (nSPS) is 30.4. The average molecular weight is 189 g/mol. The predicted octanol–water partition coefficient (Wildman–Crippen LogP) is 1.29. The summed E-state index contributed by atoms with van der Waals surface area (Å²) >= 11 is 0. The molecule has 1 aliphatic rings. The van der Waals surface area contributed by atoms with Crippen molar-refractivity contribution in [2.24, 2.45) is 0 Å². The van der Waals surface area contributed by atoms with Crippen LogP contribution in [0.1, 0.15) is 32.6 Å². The Morgan fingerprint density at radius 2 is 2.08 bits per heavy atom. The van der Waals surface area contributed by atoms with Gasteiger partial charge < -0.3 is 5.32 Å². The fourth-order valence-corrected chi connectivity index (χ4v) is 2.78. The van der Waals surface area contributed by atoms with Gasteiger partial charge in [0.15, 0.2) is 0 Å². The highest BCUT2D eigenvalue weighted by atomic mass is 32.2. The third-order valence-electron chi connectivity index (χ3n) is 2.35. The lowest BCUT2D eigenvalue weighted by molar-refractivity contribution is 0.469. The van der Waals surface area contributed by atoms with Crippen LogP contribution in [0, 0.1) is 0 Å². The molecule has 0 aromatic rings. The first kappa shape index (κ1) is 10.2. The Kier molecular flexibility index (Phi) is 4.84. The van der Waals surface area contributed by atoms with E-state index >= 15 is 0 Å². The summed E-state index contributed by atoms with van der Waals surface area (Å²) in [5.74, 6) is 1.81. The third-order valence-corrected chi connectivity index (χ3v) is 3.73. The van der Waals surface area contributed by atoms with Crippen molar-refractivity contribution in [1.82, 2.24) is 5.32 Å². The monoisotopic (exact) mass is 189 g/mol. The Labute approximate surface area is 77.6 Å². The van der Waals surface area contributed by atoms with Gasteiger partial charge in [0.1, 0.15) is 0 Å². The van der Waals surface area contributed by atoms with Crippen LogP contribution in [0.2, 0.25) is 0 Å². The van der Waals surface area contributed by atoms with E-state index in [1.165, 1.54) is 12.8 Å². The summed E-state index contributed by atoms with van der Waals surface area (Å²) in [5, 5.41) is 3.51. The van der Waals surface area contributed by atoms with Crippen molar-refractivity contribution in [3.8, 4) is 0 Å². The van der Waals surface area contributed by atoms with Crippen molar-refractivity contribution in [1.29, 1.82) is 0 Å². The highest BCUT2D eigenvalue weighted by Crippen LogP contribution is 2.08. The van der Waals surface area contributed by atoms with E-state index in [-0.39, 0.29) is 0 Å². The Morgan fingerprint density at radius 3 is 2.67 bits per heavy atom. The van der Waals surface area contributed by atoms with Crippen molar-refractivity contribution in [3.05, 3.63) is 0 Å². The molecule has 1 fully saturated rings. The molecule has 12 heavy (non-hydrogen) atoms. The van der Waals surface area contributed by atoms with Gasteiger partial charge >= 0.3 is 0 Å². The zero-order valence-corrected chi connectivity index (χ0v) is 8.66. The summed E-state index contributed by atoms with van der Waals surface area (Å²) in [5.41, 5.74) is 0. The molecule has 1 heterocycles. The minimum Gasteiger partial charge on any atom is -0.314 e. The lowest BCUT2D eigenvalue weighted by Crippen LogP contribution is -2.36. The Morgan fingerprint density at radius 1 is 1.42 bits per heavy atom. The smallest absolute Gasteiger partial charge is 0.0249 e. The van der Waals surface area contributed by atoms with Crippen molar-refractivity contribution >= 4 is 10.8 Å². The fraction of sp³-hybridized carbons (Fsp3) is 1.00. The molecule has 0 aromatic heterocycles. The number of rotatable bonds is 4. The largest absolute Gasteiger partial charge is 0.314 e. The number of hydrogen-bond donors (Lipinski definition) is 1. The summed E-state index contributed by atoms with van der Waals surface area (Å²) < 4.78 is 11.0. The summed E-state index contributed by atoms with van der Waals surface area (Å²) in [6.07, 6.45) is 4.73. The molecule has 1 rings (SSSR count). The van der Waals surface area contributed by atoms with Crippen LogP contribution >= 0.6 is 0 Å². The topological polar surface area (TPSA) is 29.1 Å². The maximum absolute atomic E-state index is 11.0. The molecule has 0 amide bonds. The third kappa shape index (κ3) is 3.68. The second-order valence-electron chi connectivity index (χ2n) is 3.43. The first-order valence-electron chi connectivity index (χ1n) is 4.91. The summed E-state index contributed by atoms with van der Waals surface area (Å²) in [4.78, 5) is 0. The van der Waals surface area contributed by atoms with Crippen LogP contribution in [0.5, 0.6) is 0 Å². The molecular weight excluding hydrogens is 170 g/mol. The van der Waals surface area contributed by atoms with E-state index in [1.54, 1.807) is 0 Å². The highest BCUT2D eigenvalue weighted by Gasteiger charge is 2.16. The van der Waals surface area contributed by atoms with Gasteiger partial charge in [-0.15, -0.1) is 0 Å². The van der Waals surface area contributed by atoms with Crippen LogP contribution in [-0.4, -0.2) is 28.3 Å². The molecule has 3 heteroatoms. The molecule has 1 N–H and O–H groups in total. The molecule has 0 radical (unpaired) electrons. The second-order valence-corrected chi connectivity index (χ2v) is 5.13. The molecule has 0 aliphatic carbocycles. The molecule has 0 atom stereocenters. The van der Waals surface area contributed by atoms with E-state index in [0.29, 0.717) is 6.04 Å². The van der Waals surface area contributed by atoms with Crippen molar-refractivity contribution in [2.45, 2.75) is 38.6 Å². The van der Waals surface area contributed by atoms with Gasteiger partial charge in [-0.1, -0.05) is 13.3 Å². The zero-order valence-electron chi connectivity index (χ0n) is 7.84. The molecule has 0 bridgehead atoms. The van der Waals surface area contributed by atoms with Crippen LogP contribution in [0.3, 0.4) is 0 Å². The van der Waals surface area contributed by atoms with E-state index in [9.17, 15) is 4.21 Å². The van der Waals surface area contributed by atoms with Crippen LogP contribution < -0.4 is 5.32 Å². The van der Waals surface area contributed by atoms with Crippen LogP contribution in [-0.2, 0) is 10.8 Å². The van der Waals surface area contributed by atoms with Gasteiger partial charge in [0.2, 0.25) is 0 Å². The Bertz CT molecular complexity index is 139. The summed E-state index contributed by atoms with van der Waals surface area (Å²) in [6.45, 7) is 3.34. The van der Waals surface area contributed by atoms with E-state index < -0.39 is 10.8 Å². The standard InChI is InChI=1S/C9H19NOS/c1-2-3-6-10-9-4-7-12(11)8-5-9/h9-10H,2-8H2,1H3. The van der Waals surface area contributed by atoms with E-state index in [0.717, 1.165) is 30.9 Å². The van der Waals surface area contributed by atoms with Crippen LogP contribution in [0.15, 0.2) is 0 Å². The minimum absolute atomic E-state index is 0.508. The maximum atomic E-state index is 11.0. The maximum Gasteiger partial charge on any atom is 0.0249 e. The zero-order chi connectivity index (χ0) is 8.81. The molecular formula is C9H19NOS. The molecule has 0 aromatic carbocycles. The van der Waals surface area contributed by atoms with Gasteiger partial charge in [-0.05, 0) is 25.8 Å². The van der Waals surface area contributed by atoms with Gasteiger partial charge in [0, 0.05) is 28.3 Å². The first-order chi connectivity index (χ1) is 5.83. The Hall–Kier alpha value is 0.110. The molecule has 0 unspecified atom stereocenters. The van der Waals surface area contributed by atoms with E-state index in [4.69, 9.17) is 0 Å². The van der Waals surface area contributed by atoms with Crippen LogP contribution in [0.25, 0.3) is 0 Å². The SMILES string of the molecule is CCCCNC1CCS(=O)CC1. The van der Waals surface area contributed by atoms with Gasteiger partial charge in [-0.2, -0.15) is 0 Å². The van der Waals surface area contributed by atoms with E-state index in [2.05, 4.69) is 12.2 Å². The first-order valence-corrected chi connectivity index (χ1v) is 6.40. The molecule has 2 nitrogen and oxygen atoms in total. The van der Waals surface area contributed by atoms with E-state index in [1.807, 2.05) is 0 Å². The Balaban J connectivity index is 2.05. The molecule has 0 saturated carbocycles. The fourth-order valence-electron chi connectivity index (χ4n) is 1.48. The highest BCUT2D eigenvalue weighted by molar-refractivity contribution is 7.85. The lowest BCUT2D eigenvalue weighted by atomic mass is 10.1. The van der Waals surface area contributed by atoms with Crippen molar-refractivity contribution < 1.29 is 4.21 Å². The quantitative estimate of drug-likeness (QED) is 0.675. The average Bonchev–Trinajstić information content (AvgIpc) is 2.09. The number of unbranched alkanes of at least 4 members (excludes halogenated alkanes) is 1. The number of nitrogens with one attached hydrogen (secondary N) is 1. The van der Waals surface area contributed by atoms with Gasteiger partial charge in [-0.25, -0.2) is 0 Å². The number of hydrogen-bond acceptors (Lipinski definition) is 2. The van der Waals surface area contributed by atoms with Gasteiger partial charge in [-0.3, -0.25) is 4.21 Å². The second kappa shape index (κ2) is 5.70. The lowest BCUT2D eigenvalue weighted by Gasteiger charge is -2.22. The molecule has 0 spiro atoms. The predicted molar refractivity (Wildman–Crippen MR) is 53.8 cm³/mol. The summed E-state index contributed by atoms with van der Waals surface area (Å²) in [7, 11) is -0.508. The van der Waals surface area contributed by atoms with Crippen molar-refractivity contribution in [3.63, 3.8) is 0 Å². The van der Waals surface area contributed by atoms with Gasteiger partial charge in [0.25, 0.3) is 0 Å². The van der Waals surface area contributed by atoms with Crippen LogP contribution in [0.4, 0.5) is 0 Å². The van der Waals surface area contributed by atoms with Gasteiger partial charge in [0.05, 0.1) is 0 Å². The molecule has 1 aliphatic heterocycles. The molecule has 1 saturated heterocycles. The summed E-state index contributed by atoms with van der Waals surface area (Å²) in [6, 6.07) is 0.647. The van der Waals surface area contributed by atoms with Crippen molar-refractivity contribution in [2.75, 3.05) is 18.1 Å².